The fraction of sp³-hybridized carbons (Fsp3) is 0.636. The first-order valence-corrected chi connectivity index (χ1v) is 10.4. The van der Waals surface area contributed by atoms with Gasteiger partial charge in [0.15, 0.2) is 6.61 Å². The quantitative estimate of drug-likeness (QED) is 0.587. The van der Waals surface area contributed by atoms with Gasteiger partial charge in [-0.25, -0.2) is 0 Å². The molecule has 0 aliphatic carbocycles. The van der Waals surface area contributed by atoms with Crippen molar-refractivity contribution in [3.8, 4) is 5.75 Å². The second-order valence-electron chi connectivity index (χ2n) is 7.30. The molecule has 0 spiro atoms. The summed E-state index contributed by atoms with van der Waals surface area (Å²) in [5.41, 5.74) is 1.03. The number of amides is 1. The topological polar surface area (TPSA) is 67.9 Å². The molecule has 2 rings (SSSR count). The number of nitrogens with one attached hydrogen (secondary N) is 1. The van der Waals surface area contributed by atoms with Crippen molar-refractivity contribution in [2.45, 2.75) is 52.0 Å². The number of esters is 1. The molecule has 6 heteroatoms. The number of carbonyl (C=O) groups excluding carboxylic acids is 2. The highest BCUT2D eigenvalue weighted by Crippen LogP contribution is 2.31. The molecule has 0 radical (unpaired) electrons. The summed E-state index contributed by atoms with van der Waals surface area (Å²) in [6, 6.07) is 7.61. The third-order valence-corrected chi connectivity index (χ3v) is 5.25. The van der Waals surface area contributed by atoms with Gasteiger partial charge in [-0.3, -0.25) is 9.59 Å². The van der Waals surface area contributed by atoms with Crippen LogP contribution >= 0.6 is 0 Å². The van der Waals surface area contributed by atoms with Crippen LogP contribution in [0.3, 0.4) is 0 Å². The van der Waals surface area contributed by atoms with Crippen molar-refractivity contribution >= 4 is 11.9 Å². The van der Waals surface area contributed by atoms with E-state index in [2.05, 4.69) is 19.2 Å². The van der Waals surface area contributed by atoms with Gasteiger partial charge < -0.3 is 19.7 Å². The first-order chi connectivity index (χ1) is 13.6. The molecule has 2 atom stereocenters. The van der Waals surface area contributed by atoms with Crippen molar-refractivity contribution in [3.63, 3.8) is 0 Å². The van der Waals surface area contributed by atoms with Gasteiger partial charge >= 0.3 is 5.97 Å². The van der Waals surface area contributed by atoms with Gasteiger partial charge in [0.25, 0.3) is 5.91 Å². The van der Waals surface area contributed by atoms with E-state index in [0.717, 1.165) is 56.6 Å². The zero-order chi connectivity index (χ0) is 20.4. The molecule has 0 aromatic heterocycles. The van der Waals surface area contributed by atoms with Crippen molar-refractivity contribution in [2.24, 2.45) is 5.92 Å². The lowest BCUT2D eigenvalue weighted by atomic mass is 9.94. The van der Waals surface area contributed by atoms with E-state index in [0.29, 0.717) is 6.42 Å². The summed E-state index contributed by atoms with van der Waals surface area (Å²) in [5, 5.41) is 3.37. The Kier molecular flexibility index (Phi) is 9.28. The summed E-state index contributed by atoms with van der Waals surface area (Å²) < 4.78 is 10.6. The van der Waals surface area contributed by atoms with Crippen LogP contribution in [-0.4, -0.2) is 50.1 Å². The van der Waals surface area contributed by atoms with E-state index in [1.165, 1.54) is 0 Å². The van der Waals surface area contributed by atoms with Gasteiger partial charge in [-0.05, 0) is 43.5 Å². The van der Waals surface area contributed by atoms with Crippen molar-refractivity contribution in [1.82, 2.24) is 10.2 Å². The first kappa shape index (κ1) is 22.2. The molecule has 1 amide bonds. The van der Waals surface area contributed by atoms with Crippen LogP contribution in [0.25, 0.3) is 0 Å². The van der Waals surface area contributed by atoms with Crippen LogP contribution in [0.1, 0.15) is 57.6 Å². The highest BCUT2D eigenvalue weighted by atomic mass is 16.5. The number of rotatable bonds is 11. The van der Waals surface area contributed by atoms with E-state index in [9.17, 15) is 9.59 Å². The van der Waals surface area contributed by atoms with Gasteiger partial charge in [0, 0.05) is 19.1 Å². The third kappa shape index (κ3) is 6.23. The molecular formula is C22H34N2O4. The van der Waals surface area contributed by atoms with Crippen LogP contribution in [0.4, 0.5) is 0 Å². The Bertz CT molecular complexity index is 609. The summed E-state index contributed by atoms with van der Waals surface area (Å²) in [7, 11) is 1.63. The molecule has 1 aliphatic rings. The number of hydrogen-bond donors (Lipinski definition) is 1. The van der Waals surface area contributed by atoms with E-state index < -0.39 is 0 Å². The molecule has 1 heterocycles. The first-order valence-electron chi connectivity index (χ1n) is 10.4. The van der Waals surface area contributed by atoms with Crippen LogP contribution in [0, 0.1) is 5.92 Å². The molecule has 1 N–H and O–H groups in total. The maximum absolute atomic E-state index is 12.6. The highest BCUT2D eigenvalue weighted by molar-refractivity contribution is 5.81. The molecule has 1 aromatic rings. The average Bonchev–Trinajstić information content (AvgIpc) is 3.22. The van der Waals surface area contributed by atoms with Gasteiger partial charge in [0.2, 0.25) is 0 Å². The van der Waals surface area contributed by atoms with Crippen molar-refractivity contribution < 1.29 is 19.1 Å². The van der Waals surface area contributed by atoms with Crippen LogP contribution < -0.4 is 10.1 Å². The summed E-state index contributed by atoms with van der Waals surface area (Å²) in [6.07, 6.45) is 4.71. The average molecular weight is 391 g/mol. The van der Waals surface area contributed by atoms with Crippen molar-refractivity contribution in [1.29, 1.82) is 0 Å². The van der Waals surface area contributed by atoms with Gasteiger partial charge in [0.1, 0.15) is 5.75 Å². The minimum atomic E-state index is -0.301. The second-order valence-corrected chi connectivity index (χ2v) is 7.30. The Labute approximate surface area is 168 Å². The molecule has 0 saturated carbocycles. The summed E-state index contributed by atoms with van der Waals surface area (Å²) in [5.74, 6) is 0.110. The zero-order valence-corrected chi connectivity index (χ0v) is 17.4. The van der Waals surface area contributed by atoms with E-state index >= 15 is 0 Å². The standard InChI is InChI=1S/C22H34N2O4/c1-4-6-14-24(15-7-5-2)20(25)16-28-22(26)19-12-13-23-21(19)17-8-10-18(27-3)11-9-17/h8-11,19,21,23H,4-7,12-16H2,1-3H3. The fourth-order valence-corrected chi connectivity index (χ4v) is 3.51. The number of ether oxygens (including phenoxy) is 2. The number of methoxy groups -OCH3 is 1. The Morgan fingerprint density at radius 1 is 1.11 bits per heavy atom. The minimum Gasteiger partial charge on any atom is -0.497 e. The number of nitrogens with zero attached hydrogens (tertiary/aromatic N) is 1. The highest BCUT2D eigenvalue weighted by Gasteiger charge is 2.35. The van der Waals surface area contributed by atoms with Crippen LogP contribution in [-0.2, 0) is 14.3 Å². The van der Waals surface area contributed by atoms with Gasteiger partial charge in [-0.2, -0.15) is 0 Å². The normalized spacial score (nSPS) is 18.7. The Morgan fingerprint density at radius 2 is 1.75 bits per heavy atom. The van der Waals surface area contributed by atoms with Crippen LogP contribution in [0.15, 0.2) is 24.3 Å². The molecule has 2 unspecified atom stereocenters. The van der Waals surface area contributed by atoms with Crippen molar-refractivity contribution in [3.05, 3.63) is 29.8 Å². The Morgan fingerprint density at radius 3 is 2.32 bits per heavy atom. The summed E-state index contributed by atoms with van der Waals surface area (Å²) in [4.78, 5) is 27.0. The monoisotopic (exact) mass is 390 g/mol. The molecular weight excluding hydrogens is 356 g/mol. The smallest absolute Gasteiger partial charge is 0.311 e. The Balaban J connectivity index is 1.91. The lowest BCUT2D eigenvalue weighted by molar-refractivity contribution is -0.156. The molecule has 28 heavy (non-hydrogen) atoms. The predicted molar refractivity (Wildman–Crippen MR) is 109 cm³/mol. The number of carbonyl (C=O) groups is 2. The van der Waals surface area contributed by atoms with Gasteiger partial charge in [-0.15, -0.1) is 0 Å². The molecule has 156 valence electrons. The van der Waals surface area contributed by atoms with E-state index in [4.69, 9.17) is 9.47 Å². The minimum absolute atomic E-state index is 0.0928. The van der Waals surface area contributed by atoms with E-state index in [-0.39, 0.29) is 30.4 Å². The van der Waals surface area contributed by atoms with Crippen molar-refractivity contribution in [2.75, 3.05) is 33.4 Å². The maximum atomic E-state index is 12.6. The SMILES string of the molecule is CCCCN(CCCC)C(=O)COC(=O)C1CCNC1c1ccc(OC)cc1. The molecule has 1 saturated heterocycles. The zero-order valence-electron chi connectivity index (χ0n) is 17.4. The van der Waals surface area contributed by atoms with E-state index in [1.54, 1.807) is 7.11 Å². The number of benzene rings is 1. The van der Waals surface area contributed by atoms with Crippen LogP contribution in [0.5, 0.6) is 5.75 Å². The molecule has 1 aliphatic heterocycles. The fourth-order valence-electron chi connectivity index (χ4n) is 3.51. The summed E-state index contributed by atoms with van der Waals surface area (Å²) >= 11 is 0. The lowest BCUT2D eigenvalue weighted by Crippen LogP contribution is -2.37. The summed E-state index contributed by atoms with van der Waals surface area (Å²) in [6.45, 7) is 6.25. The Hall–Kier alpha value is -2.08. The molecule has 6 nitrogen and oxygen atoms in total. The van der Waals surface area contributed by atoms with Gasteiger partial charge in [0.05, 0.1) is 13.0 Å². The number of hydrogen-bond acceptors (Lipinski definition) is 5. The molecule has 0 bridgehead atoms. The maximum Gasteiger partial charge on any atom is 0.311 e. The van der Waals surface area contributed by atoms with E-state index in [1.807, 2.05) is 29.2 Å². The van der Waals surface area contributed by atoms with Crippen LogP contribution in [0.2, 0.25) is 0 Å². The predicted octanol–water partition coefficient (Wildman–Crippen LogP) is 3.32. The lowest BCUT2D eigenvalue weighted by Gasteiger charge is -2.23. The molecule has 1 aromatic carbocycles. The molecule has 1 fully saturated rings. The second kappa shape index (κ2) is 11.7. The third-order valence-electron chi connectivity index (χ3n) is 5.25. The van der Waals surface area contributed by atoms with Gasteiger partial charge in [-0.1, -0.05) is 38.8 Å². The number of unbranched alkanes of at least 4 members (excludes halogenated alkanes) is 2. The largest absolute Gasteiger partial charge is 0.497 e.